The maximum absolute atomic E-state index is 12.4. The van der Waals surface area contributed by atoms with Crippen LogP contribution in [-0.4, -0.2) is 55.4 Å². The summed E-state index contributed by atoms with van der Waals surface area (Å²) in [5.74, 6) is 1.76. The van der Waals surface area contributed by atoms with Gasteiger partial charge in [0.05, 0.1) is 29.6 Å². The summed E-state index contributed by atoms with van der Waals surface area (Å²) in [6.07, 6.45) is 0. The molecule has 8 heteroatoms. The molecule has 1 heterocycles. The lowest BCUT2D eigenvalue weighted by Gasteiger charge is -2.17. The summed E-state index contributed by atoms with van der Waals surface area (Å²) in [4.78, 5) is 7.19. The van der Waals surface area contributed by atoms with Gasteiger partial charge in [-0.05, 0) is 49.9 Å². The van der Waals surface area contributed by atoms with Gasteiger partial charge in [0.2, 0.25) is 10.0 Å². The molecule has 0 saturated carbocycles. The van der Waals surface area contributed by atoms with E-state index in [9.17, 15) is 8.42 Å². The van der Waals surface area contributed by atoms with Crippen molar-refractivity contribution in [1.82, 2.24) is 18.8 Å². The fourth-order valence-electron chi connectivity index (χ4n) is 3.34. The van der Waals surface area contributed by atoms with Crippen LogP contribution < -0.4 is 4.74 Å². The summed E-state index contributed by atoms with van der Waals surface area (Å²) in [6, 6.07) is 13.2. The Balaban J connectivity index is 1.86. The third-order valence-corrected chi connectivity index (χ3v) is 6.73. The highest BCUT2D eigenvalue weighted by atomic mass is 32.2. The number of methoxy groups -OCH3 is 1. The Bertz CT molecular complexity index is 1090. The average Bonchev–Trinajstić information content (AvgIpc) is 3.04. The average molecular weight is 417 g/mol. The Morgan fingerprint density at radius 1 is 1.03 bits per heavy atom. The van der Waals surface area contributed by atoms with Crippen LogP contribution in [0.1, 0.15) is 18.3 Å². The summed E-state index contributed by atoms with van der Waals surface area (Å²) in [5, 5.41) is 0. The van der Waals surface area contributed by atoms with Gasteiger partial charge in [0.15, 0.2) is 0 Å². The van der Waals surface area contributed by atoms with Crippen LogP contribution in [0.15, 0.2) is 47.4 Å². The largest absolute Gasteiger partial charge is 0.497 e. The van der Waals surface area contributed by atoms with Gasteiger partial charge in [-0.1, -0.05) is 12.1 Å². The van der Waals surface area contributed by atoms with Crippen molar-refractivity contribution in [2.45, 2.75) is 31.5 Å². The first-order valence-electron chi connectivity index (χ1n) is 9.49. The van der Waals surface area contributed by atoms with E-state index in [4.69, 9.17) is 9.72 Å². The Morgan fingerprint density at radius 3 is 2.31 bits per heavy atom. The number of fused-ring (bicyclic) bond motifs is 1. The van der Waals surface area contributed by atoms with E-state index in [1.807, 2.05) is 25.2 Å². The van der Waals surface area contributed by atoms with E-state index in [2.05, 4.69) is 28.5 Å². The van der Waals surface area contributed by atoms with Crippen molar-refractivity contribution in [3.63, 3.8) is 0 Å². The van der Waals surface area contributed by atoms with E-state index in [0.717, 1.165) is 30.2 Å². The first kappa shape index (κ1) is 21.3. The van der Waals surface area contributed by atoms with Gasteiger partial charge >= 0.3 is 0 Å². The Hall–Kier alpha value is -2.42. The molecule has 1 aromatic heterocycles. The number of hydrogen-bond acceptors (Lipinski definition) is 5. The van der Waals surface area contributed by atoms with Crippen molar-refractivity contribution in [3.8, 4) is 5.75 Å². The summed E-state index contributed by atoms with van der Waals surface area (Å²) >= 11 is 0. The second kappa shape index (κ2) is 8.52. The number of rotatable bonds is 8. The minimum Gasteiger partial charge on any atom is -0.497 e. The number of aromatic nitrogens is 2. The first-order valence-corrected chi connectivity index (χ1v) is 10.9. The molecule has 0 amide bonds. The van der Waals surface area contributed by atoms with Gasteiger partial charge in [0.1, 0.15) is 11.6 Å². The second-order valence-corrected chi connectivity index (χ2v) is 9.38. The molecule has 29 heavy (non-hydrogen) atoms. The molecule has 0 radical (unpaired) electrons. The minimum atomic E-state index is -3.48. The first-order chi connectivity index (χ1) is 13.8. The fraction of sp³-hybridized carbons (Fsp3) is 0.381. The molecule has 0 bridgehead atoms. The van der Waals surface area contributed by atoms with E-state index >= 15 is 0 Å². The number of nitrogens with zero attached hydrogens (tertiary/aromatic N) is 4. The number of aryl methyl sites for hydroxylation is 1. The molecule has 7 nitrogen and oxygen atoms in total. The summed E-state index contributed by atoms with van der Waals surface area (Å²) in [6.45, 7) is 4.27. The standard InChI is InChI=1S/C21H28N4O3S/c1-6-25-20-12-11-18(29(26,27)23(2)3)13-19(20)22-21(25)15-24(4)14-16-7-9-17(28-5)10-8-16/h7-13H,6,14-15H2,1-5H3. The van der Waals surface area contributed by atoms with Crippen LogP contribution in [-0.2, 0) is 29.7 Å². The monoisotopic (exact) mass is 416 g/mol. The Labute approximate surface area is 172 Å². The lowest BCUT2D eigenvalue weighted by molar-refractivity contribution is 0.306. The molecule has 3 aromatic rings. The van der Waals surface area contributed by atoms with Gasteiger partial charge < -0.3 is 9.30 Å². The Kier molecular flexibility index (Phi) is 6.26. The summed E-state index contributed by atoms with van der Waals surface area (Å²) in [7, 11) is 3.28. The molecule has 3 rings (SSSR count). The van der Waals surface area contributed by atoms with Gasteiger partial charge in [-0.25, -0.2) is 17.7 Å². The van der Waals surface area contributed by atoms with E-state index in [1.165, 1.54) is 24.0 Å². The summed E-state index contributed by atoms with van der Waals surface area (Å²) < 4.78 is 33.4. The highest BCUT2D eigenvalue weighted by molar-refractivity contribution is 7.89. The molecule has 0 aliphatic carbocycles. The predicted octanol–water partition coefficient (Wildman–Crippen LogP) is 2.95. The molecule has 0 atom stereocenters. The van der Waals surface area contributed by atoms with Crippen molar-refractivity contribution in [2.24, 2.45) is 0 Å². The van der Waals surface area contributed by atoms with Crippen LogP contribution in [0.2, 0.25) is 0 Å². The van der Waals surface area contributed by atoms with Gasteiger partial charge in [-0.2, -0.15) is 0 Å². The lowest BCUT2D eigenvalue weighted by atomic mass is 10.2. The van der Waals surface area contributed by atoms with Crippen molar-refractivity contribution >= 4 is 21.1 Å². The number of imidazole rings is 1. The third-order valence-electron chi connectivity index (χ3n) is 4.92. The number of sulfonamides is 1. The highest BCUT2D eigenvalue weighted by Crippen LogP contribution is 2.23. The minimum absolute atomic E-state index is 0.258. The van der Waals surface area contributed by atoms with Gasteiger partial charge in [-0.15, -0.1) is 0 Å². The van der Waals surface area contributed by atoms with Crippen LogP contribution >= 0.6 is 0 Å². The van der Waals surface area contributed by atoms with Crippen LogP contribution in [0.5, 0.6) is 5.75 Å². The van der Waals surface area contributed by atoms with Crippen molar-refractivity contribution in [3.05, 3.63) is 53.9 Å². The molecule has 0 fully saturated rings. The maximum atomic E-state index is 12.4. The second-order valence-electron chi connectivity index (χ2n) is 7.23. The fourth-order valence-corrected chi connectivity index (χ4v) is 4.27. The molecule has 0 aliphatic heterocycles. The molecule has 0 saturated heterocycles. The van der Waals surface area contributed by atoms with Gasteiger partial charge in [0.25, 0.3) is 0 Å². The lowest BCUT2D eigenvalue weighted by Crippen LogP contribution is -2.22. The zero-order valence-electron chi connectivity index (χ0n) is 17.6. The molecule has 0 spiro atoms. The number of ether oxygens (including phenoxy) is 1. The Morgan fingerprint density at radius 2 is 1.72 bits per heavy atom. The van der Waals surface area contributed by atoms with Crippen LogP contribution in [0, 0.1) is 0 Å². The molecule has 2 aromatic carbocycles. The predicted molar refractivity (Wildman–Crippen MR) is 114 cm³/mol. The van der Waals surface area contributed by atoms with E-state index in [0.29, 0.717) is 12.1 Å². The number of hydrogen-bond donors (Lipinski definition) is 0. The molecule has 156 valence electrons. The number of benzene rings is 2. The topological polar surface area (TPSA) is 67.7 Å². The van der Waals surface area contributed by atoms with E-state index in [1.54, 1.807) is 19.2 Å². The quantitative estimate of drug-likeness (QED) is 0.565. The normalized spacial score (nSPS) is 12.2. The summed E-state index contributed by atoms with van der Waals surface area (Å²) in [5.41, 5.74) is 2.83. The van der Waals surface area contributed by atoms with Crippen molar-refractivity contribution in [1.29, 1.82) is 0 Å². The SMILES string of the molecule is CCn1c(CN(C)Cc2ccc(OC)cc2)nc2cc(S(=O)(=O)N(C)C)ccc21. The third kappa shape index (κ3) is 4.44. The highest BCUT2D eigenvalue weighted by Gasteiger charge is 2.20. The van der Waals surface area contributed by atoms with Crippen LogP contribution in [0.3, 0.4) is 0 Å². The van der Waals surface area contributed by atoms with Crippen LogP contribution in [0.4, 0.5) is 0 Å². The molecule has 0 N–H and O–H groups in total. The zero-order valence-corrected chi connectivity index (χ0v) is 18.4. The van der Waals surface area contributed by atoms with Gasteiger partial charge in [0, 0.05) is 27.2 Å². The maximum Gasteiger partial charge on any atom is 0.242 e. The van der Waals surface area contributed by atoms with Crippen LogP contribution in [0.25, 0.3) is 11.0 Å². The van der Waals surface area contributed by atoms with Gasteiger partial charge in [-0.3, -0.25) is 4.90 Å². The molecular formula is C21H28N4O3S. The zero-order chi connectivity index (χ0) is 21.2. The molecule has 0 unspecified atom stereocenters. The smallest absolute Gasteiger partial charge is 0.242 e. The van der Waals surface area contributed by atoms with Crippen molar-refractivity contribution in [2.75, 3.05) is 28.3 Å². The molecule has 0 aliphatic rings. The molecular weight excluding hydrogens is 388 g/mol. The van der Waals surface area contributed by atoms with E-state index < -0.39 is 10.0 Å². The van der Waals surface area contributed by atoms with E-state index in [-0.39, 0.29) is 4.90 Å². The van der Waals surface area contributed by atoms with Crippen molar-refractivity contribution < 1.29 is 13.2 Å².